The van der Waals surface area contributed by atoms with Crippen LogP contribution in [0.4, 0.5) is 0 Å². The van der Waals surface area contributed by atoms with E-state index in [4.69, 9.17) is 5.11 Å². The molecule has 4 heteroatoms. The zero-order chi connectivity index (χ0) is 15.2. The van der Waals surface area contributed by atoms with Gasteiger partial charge in [0.15, 0.2) is 0 Å². The monoisotopic (exact) mass is 299 g/mol. The molecule has 0 unspecified atom stereocenters. The van der Waals surface area contributed by atoms with Gasteiger partial charge in [0.05, 0.1) is 6.54 Å². The van der Waals surface area contributed by atoms with Gasteiger partial charge in [0.1, 0.15) is 6.61 Å². The van der Waals surface area contributed by atoms with Crippen molar-refractivity contribution in [2.45, 2.75) is 20.4 Å². The van der Waals surface area contributed by atoms with Gasteiger partial charge >= 0.3 is 0 Å². The fourth-order valence-electron chi connectivity index (χ4n) is 1.98. The van der Waals surface area contributed by atoms with Crippen LogP contribution in [0.25, 0.3) is 0 Å². The highest BCUT2D eigenvalue weighted by molar-refractivity contribution is 7.10. The Kier molecular flexibility index (Phi) is 5.15. The lowest BCUT2D eigenvalue weighted by Gasteiger charge is -2.06. The first kappa shape index (κ1) is 15.3. The van der Waals surface area contributed by atoms with Gasteiger partial charge in [0.25, 0.3) is 5.91 Å². The molecule has 0 bridgehead atoms. The summed E-state index contributed by atoms with van der Waals surface area (Å²) in [6.07, 6.45) is 0. The highest BCUT2D eigenvalue weighted by Crippen LogP contribution is 2.15. The number of thiophene rings is 1. The Bertz CT molecular complexity index is 707. The third-order valence-corrected chi connectivity index (χ3v) is 4.05. The average Bonchev–Trinajstić information content (AvgIpc) is 2.87. The van der Waals surface area contributed by atoms with E-state index in [2.05, 4.69) is 17.2 Å². The molecule has 2 aromatic rings. The Labute approximate surface area is 128 Å². The van der Waals surface area contributed by atoms with E-state index in [-0.39, 0.29) is 12.5 Å². The van der Waals surface area contributed by atoms with Crippen LogP contribution in [0.2, 0.25) is 0 Å². The molecule has 0 aliphatic rings. The molecule has 0 saturated carbocycles. The molecular formula is C17H17NO2S. The molecule has 0 atom stereocenters. The fraction of sp³-hybridized carbons (Fsp3) is 0.235. The number of hydrogen-bond donors (Lipinski definition) is 2. The van der Waals surface area contributed by atoms with E-state index in [1.165, 1.54) is 5.56 Å². The quantitative estimate of drug-likeness (QED) is 0.856. The minimum Gasteiger partial charge on any atom is -0.384 e. The molecule has 0 aliphatic carbocycles. The predicted octanol–water partition coefficient (Wildman–Crippen LogP) is 2.64. The maximum absolute atomic E-state index is 12.2. The van der Waals surface area contributed by atoms with Crippen molar-refractivity contribution in [1.29, 1.82) is 0 Å². The van der Waals surface area contributed by atoms with Gasteiger partial charge in [-0.1, -0.05) is 11.8 Å². The summed E-state index contributed by atoms with van der Waals surface area (Å²) in [6.45, 7) is 4.30. The van der Waals surface area contributed by atoms with E-state index in [0.717, 1.165) is 16.0 Å². The first-order valence-electron chi connectivity index (χ1n) is 6.62. The second-order valence-electron chi connectivity index (χ2n) is 4.76. The molecule has 2 rings (SSSR count). The molecule has 0 saturated heterocycles. The van der Waals surface area contributed by atoms with Gasteiger partial charge in [-0.2, -0.15) is 0 Å². The Hall–Kier alpha value is -2.09. The summed E-state index contributed by atoms with van der Waals surface area (Å²) in [7, 11) is 0. The molecule has 0 spiro atoms. The number of aliphatic hydroxyl groups excluding tert-OH is 1. The lowest BCUT2D eigenvalue weighted by Crippen LogP contribution is -2.22. The molecule has 0 radical (unpaired) electrons. The topological polar surface area (TPSA) is 49.3 Å². The van der Waals surface area contributed by atoms with Crippen molar-refractivity contribution in [2.75, 3.05) is 6.61 Å². The van der Waals surface area contributed by atoms with Gasteiger partial charge in [-0.25, -0.2) is 0 Å². The Balaban J connectivity index is 2.11. The lowest BCUT2D eigenvalue weighted by molar-refractivity contribution is 0.0951. The van der Waals surface area contributed by atoms with Crippen molar-refractivity contribution in [3.05, 3.63) is 56.8 Å². The van der Waals surface area contributed by atoms with Crippen LogP contribution in [0.1, 0.15) is 31.9 Å². The van der Waals surface area contributed by atoms with Crippen molar-refractivity contribution < 1.29 is 9.90 Å². The van der Waals surface area contributed by atoms with Crippen LogP contribution in [-0.4, -0.2) is 17.6 Å². The number of aryl methyl sites for hydroxylation is 2. The van der Waals surface area contributed by atoms with E-state index in [0.29, 0.717) is 12.1 Å². The molecule has 1 amide bonds. The molecule has 2 N–H and O–H groups in total. The number of carbonyl (C=O) groups excluding carboxylic acids is 1. The standard InChI is InChI=1S/C17H17NO2S/c1-12-8-14(4-3-6-19)10-15(9-12)17(20)18-11-16-13(2)5-7-21-16/h5,7-10,19H,6,11H2,1-2H3,(H,18,20). The molecule has 108 valence electrons. The van der Waals surface area contributed by atoms with E-state index in [1.54, 1.807) is 17.4 Å². The summed E-state index contributed by atoms with van der Waals surface area (Å²) in [4.78, 5) is 13.4. The Morgan fingerprint density at radius 2 is 2.14 bits per heavy atom. The molecular weight excluding hydrogens is 282 g/mol. The number of benzene rings is 1. The van der Waals surface area contributed by atoms with Gasteiger partial charge in [-0.3, -0.25) is 4.79 Å². The van der Waals surface area contributed by atoms with E-state index < -0.39 is 0 Å². The number of hydrogen-bond acceptors (Lipinski definition) is 3. The zero-order valence-electron chi connectivity index (χ0n) is 12.1. The highest BCUT2D eigenvalue weighted by Gasteiger charge is 2.08. The molecule has 1 heterocycles. The van der Waals surface area contributed by atoms with Crippen LogP contribution < -0.4 is 5.32 Å². The number of aliphatic hydroxyl groups is 1. The van der Waals surface area contributed by atoms with Crippen molar-refractivity contribution in [1.82, 2.24) is 5.32 Å². The van der Waals surface area contributed by atoms with Crippen molar-refractivity contribution in [3.63, 3.8) is 0 Å². The first-order chi connectivity index (χ1) is 10.1. The smallest absolute Gasteiger partial charge is 0.251 e. The average molecular weight is 299 g/mol. The van der Waals surface area contributed by atoms with Crippen molar-refractivity contribution in [3.8, 4) is 11.8 Å². The Morgan fingerprint density at radius 3 is 2.81 bits per heavy atom. The third kappa shape index (κ3) is 4.19. The van der Waals surface area contributed by atoms with Gasteiger partial charge in [-0.15, -0.1) is 11.3 Å². The summed E-state index contributed by atoms with van der Waals surface area (Å²) in [6, 6.07) is 7.51. The van der Waals surface area contributed by atoms with Crippen LogP contribution in [0.5, 0.6) is 0 Å². The Morgan fingerprint density at radius 1 is 1.33 bits per heavy atom. The maximum atomic E-state index is 12.2. The van der Waals surface area contributed by atoms with Crippen molar-refractivity contribution >= 4 is 17.2 Å². The van der Waals surface area contributed by atoms with Crippen LogP contribution >= 0.6 is 11.3 Å². The highest BCUT2D eigenvalue weighted by atomic mass is 32.1. The molecule has 0 aliphatic heterocycles. The number of nitrogens with one attached hydrogen (secondary N) is 1. The molecule has 21 heavy (non-hydrogen) atoms. The van der Waals surface area contributed by atoms with E-state index in [9.17, 15) is 4.79 Å². The maximum Gasteiger partial charge on any atom is 0.251 e. The minimum atomic E-state index is -0.187. The largest absolute Gasteiger partial charge is 0.384 e. The molecule has 1 aromatic heterocycles. The SMILES string of the molecule is Cc1cc(C#CCO)cc(C(=O)NCc2sccc2C)c1. The van der Waals surface area contributed by atoms with Crippen LogP contribution in [-0.2, 0) is 6.54 Å². The summed E-state index contributed by atoms with van der Waals surface area (Å²) in [5, 5.41) is 13.7. The third-order valence-electron chi connectivity index (χ3n) is 3.03. The van der Waals surface area contributed by atoms with Gasteiger partial charge in [-0.05, 0) is 54.6 Å². The van der Waals surface area contributed by atoms with Gasteiger partial charge in [0.2, 0.25) is 0 Å². The predicted molar refractivity (Wildman–Crippen MR) is 85.4 cm³/mol. The molecule has 1 aromatic carbocycles. The molecule has 3 nitrogen and oxygen atoms in total. The van der Waals surface area contributed by atoms with Crippen molar-refractivity contribution in [2.24, 2.45) is 0 Å². The van der Waals surface area contributed by atoms with E-state index in [1.807, 2.05) is 37.4 Å². The minimum absolute atomic E-state index is 0.112. The number of carbonyl (C=O) groups is 1. The van der Waals surface area contributed by atoms with E-state index >= 15 is 0 Å². The zero-order valence-corrected chi connectivity index (χ0v) is 12.9. The van der Waals surface area contributed by atoms with Gasteiger partial charge < -0.3 is 10.4 Å². The summed E-state index contributed by atoms with van der Waals surface area (Å²) in [5.74, 6) is 5.31. The summed E-state index contributed by atoms with van der Waals surface area (Å²) >= 11 is 1.64. The second kappa shape index (κ2) is 7.07. The summed E-state index contributed by atoms with van der Waals surface area (Å²) in [5.41, 5.74) is 3.49. The normalized spacial score (nSPS) is 9.86. The molecule has 0 fully saturated rings. The van der Waals surface area contributed by atoms with Crippen LogP contribution in [0, 0.1) is 25.7 Å². The fourth-order valence-corrected chi connectivity index (χ4v) is 2.82. The lowest BCUT2D eigenvalue weighted by atomic mass is 10.1. The number of amides is 1. The number of rotatable bonds is 3. The van der Waals surface area contributed by atoms with Crippen LogP contribution in [0.15, 0.2) is 29.6 Å². The summed E-state index contributed by atoms with van der Waals surface area (Å²) < 4.78 is 0. The van der Waals surface area contributed by atoms with Gasteiger partial charge in [0, 0.05) is 16.0 Å². The first-order valence-corrected chi connectivity index (χ1v) is 7.50. The second-order valence-corrected chi connectivity index (χ2v) is 5.76. The van der Waals surface area contributed by atoms with Crippen LogP contribution in [0.3, 0.4) is 0 Å².